The quantitative estimate of drug-likeness (QED) is 0.809. The minimum atomic E-state index is -0.619. The Morgan fingerprint density at radius 2 is 2.12 bits per heavy atom. The molecule has 1 fully saturated rings. The first-order valence-corrected chi connectivity index (χ1v) is 5.47. The number of amides is 2. The number of nitriles is 1. The fourth-order valence-corrected chi connectivity index (χ4v) is 1.86. The van der Waals surface area contributed by atoms with E-state index in [1.54, 1.807) is 11.0 Å². The topological polar surface area (TPSA) is 56.1 Å². The summed E-state index contributed by atoms with van der Waals surface area (Å²) < 4.78 is 13.3. The van der Waals surface area contributed by atoms with Crippen LogP contribution in [0.3, 0.4) is 0 Å². The summed E-state index contributed by atoms with van der Waals surface area (Å²) in [6.07, 6.45) is 1.98. The number of urea groups is 1. The van der Waals surface area contributed by atoms with E-state index in [0.29, 0.717) is 13.1 Å². The van der Waals surface area contributed by atoms with E-state index >= 15 is 0 Å². The number of carbonyl (C=O) groups excluding carboxylic acids is 1. The lowest BCUT2D eigenvalue weighted by Gasteiger charge is -2.16. The Bertz CT molecular complexity index is 475. The second-order valence-electron chi connectivity index (χ2n) is 3.90. The first-order chi connectivity index (χ1) is 8.22. The maximum Gasteiger partial charge on any atom is 0.321 e. The summed E-state index contributed by atoms with van der Waals surface area (Å²) in [4.78, 5) is 13.4. The summed E-state index contributed by atoms with van der Waals surface area (Å²) in [7, 11) is 0. The van der Waals surface area contributed by atoms with Crippen LogP contribution in [0.4, 0.5) is 14.9 Å². The zero-order chi connectivity index (χ0) is 12.3. The average Bonchev–Trinajstić information content (AvgIpc) is 2.82. The van der Waals surface area contributed by atoms with Crippen molar-refractivity contribution in [3.63, 3.8) is 0 Å². The minimum absolute atomic E-state index is 0.125. The lowest BCUT2D eigenvalue weighted by atomic mass is 10.2. The number of halogens is 1. The molecule has 1 aromatic rings. The summed E-state index contributed by atoms with van der Waals surface area (Å²) in [5, 5.41) is 11.4. The molecule has 0 aliphatic carbocycles. The first kappa shape index (κ1) is 11.4. The van der Waals surface area contributed by atoms with Crippen LogP contribution in [0, 0.1) is 17.1 Å². The van der Waals surface area contributed by atoms with Gasteiger partial charge in [0.25, 0.3) is 0 Å². The van der Waals surface area contributed by atoms with E-state index in [1.807, 2.05) is 0 Å². The highest BCUT2D eigenvalue weighted by atomic mass is 19.1. The van der Waals surface area contributed by atoms with Crippen LogP contribution in [-0.4, -0.2) is 24.0 Å². The molecule has 1 N–H and O–H groups in total. The van der Waals surface area contributed by atoms with Crippen LogP contribution in [-0.2, 0) is 0 Å². The van der Waals surface area contributed by atoms with Crippen LogP contribution >= 0.6 is 0 Å². The van der Waals surface area contributed by atoms with Gasteiger partial charge in [0.05, 0.1) is 5.69 Å². The van der Waals surface area contributed by atoms with Crippen LogP contribution in [0.25, 0.3) is 0 Å². The number of benzene rings is 1. The van der Waals surface area contributed by atoms with Crippen LogP contribution in [0.5, 0.6) is 0 Å². The molecule has 1 aromatic carbocycles. The SMILES string of the molecule is N#Cc1c(F)cccc1NC(=O)N1CCCC1. The summed E-state index contributed by atoms with van der Waals surface area (Å²) in [5.74, 6) is -0.619. The monoisotopic (exact) mass is 233 g/mol. The van der Waals surface area contributed by atoms with Crippen LogP contribution in [0.15, 0.2) is 18.2 Å². The molecule has 1 aliphatic rings. The number of rotatable bonds is 1. The smallest absolute Gasteiger partial charge is 0.321 e. The molecule has 17 heavy (non-hydrogen) atoms. The Labute approximate surface area is 98.6 Å². The number of nitrogens with one attached hydrogen (secondary N) is 1. The zero-order valence-corrected chi connectivity index (χ0v) is 9.24. The fraction of sp³-hybridized carbons (Fsp3) is 0.333. The Morgan fingerprint density at radius 3 is 2.76 bits per heavy atom. The van der Waals surface area contributed by atoms with E-state index < -0.39 is 5.82 Å². The predicted octanol–water partition coefficient (Wildman–Crippen LogP) is 2.33. The van der Waals surface area contributed by atoms with Gasteiger partial charge in [0.1, 0.15) is 17.4 Å². The van der Waals surface area contributed by atoms with Crippen molar-refractivity contribution >= 4 is 11.7 Å². The fourth-order valence-electron chi connectivity index (χ4n) is 1.86. The number of hydrogen-bond donors (Lipinski definition) is 1. The molecule has 0 radical (unpaired) electrons. The molecule has 1 aliphatic heterocycles. The molecule has 88 valence electrons. The second kappa shape index (κ2) is 4.83. The molecule has 5 heteroatoms. The number of hydrogen-bond acceptors (Lipinski definition) is 2. The highest BCUT2D eigenvalue weighted by Gasteiger charge is 2.19. The normalized spacial score (nSPS) is 14.5. The largest absolute Gasteiger partial charge is 0.325 e. The highest BCUT2D eigenvalue weighted by Crippen LogP contribution is 2.19. The molecular weight excluding hydrogens is 221 g/mol. The molecule has 2 amide bonds. The summed E-state index contributed by atoms with van der Waals surface area (Å²) >= 11 is 0. The van der Waals surface area contributed by atoms with Crippen molar-refractivity contribution < 1.29 is 9.18 Å². The molecule has 0 atom stereocenters. The minimum Gasteiger partial charge on any atom is -0.325 e. The molecule has 0 saturated carbocycles. The van der Waals surface area contributed by atoms with Gasteiger partial charge in [-0.1, -0.05) is 6.07 Å². The van der Waals surface area contributed by atoms with Crippen LogP contribution in [0.1, 0.15) is 18.4 Å². The van der Waals surface area contributed by atoms with E-state index in [1.165, 1.54) is 18.2 Å². The van der Waals surface area contributed by atoms with Gasteiger partial charge < -0.3 is 10.2 Å². The van der Waals surface area contributed by atoms with Crippen molar-refractivity contribution in [1.82, 2.24) is 4.90 Å². The van der Waals surface area contributed by atoms with E-state index in [4.69, 9.17) is 5.26 Å². The average molecular weight is 233 g/mol. The second-order valence-corrected chi connectivity index (χ2v) is 3.90. The standard InChI is InChI=1S/C12H12FN3O/c13-10-4-3-5-11(9(10)8-14)15-12(17)16-6-1-2-7-16/h3-5H,1-2,6-7H2,(H,15,17). The Balaban J connectivity index is 2.16. The molecule has 0 bridgehead atoms. The maximum atomic E-state index is 13.3. The molecule has 0 unspecified atom stereocenters. The lowest BCUT2D eigenvalue weighted by Crippen LogP contribution is -2.32. The van der Waals surface area contributed by atoms with Crippen molar-refractivity contribution in [3.8, 4) is 6.07 Å². The van der Waals surface area contributed by atoms with E-state index in [0.717, 1.165) is 12.8 Å². The molecule has 4 nitrogen and oxygen atoms in total. The third-order valence-corrected chi connectivity index (χ3v) is 2.76. The van der Waals surface area contributed by atoms with Crippen molar-refractivity contribution in [2.24, 2.45) is 0 Å². The van der Waals surface area contributed by atoms with E-state index in [2.05, 4.69) is 5.32 Å². The van der Waals surface area contributed by atoms with Gasteiger partial charge in [-0.25, -0.2) is 9.18 Å². The lowest BCUT2D eigenvalue weighted by molar-refractivity contribution is 0.222. The van der Waals surface area contributed by atoms with Gasteiger partial charge in [-0.05, 0) is 25.0 Å². The van der Waals surface area contributed by atoms with Crippen molar-refractivity contribution in [1.29, 1.82) is 5.26 Å². The first-order valence-electron chi connectivity index (χ1n) is 5.47. The molecule has 1 heterocycles. The molecule has 2 rings (SSSR count). The Morgan fingerprint density at radius 1 is 1.41 bits per heavy atom. The third kappa shape index (κ3) is 2.36. The van der Waals surface area contributed by atoms with Gasteiger partial charge in [-0.15, -0.1) is 0 Å². The summed E-state index contributed by atoms with van der Waals surface area (Å²) in [6.45, 7) is 1.42. The van der Waals surface area contributed by atoms with Crippen molar-refractivity contribution in [2.75, 3.05) is 18.4 Å². The van der Waals surface area contributed by atoms with Crippen molar-refractivity contribution in [2.45, 2.75) is 12.8 Å². The highest BCUT2D eigenvalue weighted by molar-refractivity contribution is 5.91. The zero-order valence-electron chi connectivity index (χ0n) is 9.24. The molecular formula is C12H12FN3O. The Kier molecular flexibility index (Phi) is 3.24. The maximum absolute atomic E-state index is 13.3. The van der Waals surface area contributed by atoms with Gasteiger partial charge in [0.2, 0.25) is 0 Å². The molecule has 1 saturated heterocycles. The van der Waals surface area contributed by atoms with Crippen LogP contribution in [0.2, 0.25) is 0 Å². The van der Waals surface area contributed by atoms with Crippen molar-refractivity contribution in [3.05, 3.63) is 29.6 Å². The number of carbonyl (C=O) groups is 1. The van der Waals surface area contributed by atoms with E-state index in [-0.39, 0.29) is 17.3 Å². The molecule has 0 spiro atoms. The third-order valence-electron chi connectivity index (χ3n) is 2.76. The van der Waals surface area contributed by atoms with Gasteiger partial charge in [-0.2, -0.15) is 5.26 Å². The summed E-state index contributed by atoms with van der Waals surface area (Å²) in [6, 6.07) is 5.67. The van der Waals surface area contributed by atoms with Gasteiger partial charge >= 0.3 is 6.03 Å². The summed E-state index contributed by atoms with van der Waals surface area (Å²) in [5.41, 5.74) is 0.101. The Hall–Kier alpha value is -2.09. The van der Waals surface area contributed by atoms with Gasteiger partial charge in [-0.3, -0.25) is 0 Å². The van der Waals surface area contributed by atoms with E-state index in [9.17, 15) is 9.18 Å². The van der Waals surface area contributed by atoms with Crippen LogP contribution < -0.4 is 5.32 Å². The van der Waals surface area contributed by atoms with Gasteiger partial charge in [0.15, 0.2) is 0 Å². The molecule has 0 aromatic heterocycles. The van der Waals surface area contributed by atoms with Gasteiger partial charge in [0, 0.05) is 13.1 Å². The number of anilines is 1. The number of nitrogens with zero attached hydrogens (tertiary/aromatic N) is 2. The number of likely N-dealkylation sites (tertiary alicyclic amines) is 1. The predicted molar refractivity (Wildman–Crippen MR) is 60.9 cm³/mol.